The fraction of sp³-hybridized carbons (Fsp3) is 0.550. The van der Waals surface area contributed by atoms with Gasteiger partial charge in [0, 0.05) is 18.3 Å². The van der Waals surface area contributed by atoms with Crippen LogP contribution < -0.4 is 0 Å². The van der Waals surface area contributed by atoms with E-state index in [2.05, 4.69) is 141 Å². The third-order valence-corrected chi connectivity index (χ3v) is 10.2. The Balaban J connectivity index is 1.29. The predicted molar refractivity (Wildman–Crippen MR) is 183 cm³/mol. The summed E-state index contributed by atoms with van der Waals surface area (Å²) in [6.45, 7) is 21.2. The number of ether oxygens (including phenoxy) is 2. The molecule has 1 aliphatic carbocycles. The van der Waals surface area contributed by atoms with Crippen LogP contribution in [0.1, 0.15) is 94.9 Å². The standard InChI is InChI=1S/C40H56O4/c1-28(17-13-18-30(3)21-22-40-37(7,8)26-33(43-40)27-39(40,10)42)15-11-12-16-29(2)19-14-20-31(4)34-23-35-36(5,6)24-32(41)25-38(35,9)44-34/h11-23,32-34,41-42H,24-27H2,1-10H3/b12-11+,17-13+,19-14+,22-21+,28-15+,29-16+,30-18+,31-20+. The average Bonchev–Trinajstić information content (AvgIpc) is 3.47. The van der Waals surface area contributed by atoms with Crippen molar-refractivity contribution in [3.63, 3.8) is 0 Å². The van der Waals surface area contributed by atoms with Gasteiger partial charge < -0.3 is 19.7 Å². The van der Waals surface area contributed by atoms with E-state index < -0.39 is 11.2 Å². The van der Waals surface area contributed by atoms with Crippen molar-refractivity contribution in [2.45, 2.75) is 130 Å². The van der Waals surface area contributed by atoms with Crippen LogP contribution in [0, 0.1) is 10.8 Å². The second-order valence-corrected chi connectivity index (χ2v) is 15.4. The Kier molecular flexibility index (Phi) is 9.93. The van der Waals surface area contributed by atoms with Gasteiger partial charge in [0.05, 0.1) is 29.5 Å². The largest absolute Gasteiger partial charge is 0.393 e. The van der Waals surface area contributed by atoms with Gasteiger partial charge >= 0.3 is 0 Å². The van der Waals surface area contributed by atoms with Gasteiger partial charge in [0.15, 0.2) is 0 Å². The van der Waals surface area contributed by atoms with Gasteiger partial charge in [-0.2, -0.15) is 0 Å². The summed E-state index contributed by atoms with van der Waals surface area (Å²) in [4.78, 5) is 0. The molecule has 4 aliphatic rings. The van der Waals surface area contributed by atoms with Gasteiger partial charge in [0.25, 0.3) is 0 Å². The van der Waals surface area contributed by atoms with E-state index in [9.17, 15) is 10.2 Å². The first kappa shape index (κ1) is 34.4. The Morgan fingerprint density at radius 1 is 0.727 bits per heavy atom. The Labute approximate surface area is 267 Å². The highest BCUT2D eigenvalue weighted by molar-refractivity contribution is 5.38. The lowest BCUT2D eigenvalue weighted by Crippen LogP contribution is -2.56. The number of aliphatic hydroxyl groups excluding tert-OH is 1. The van der Waals surface area contributed by atoms with E-state index in [0.29, 0.717) is 12.8 Å². The van der Waals surface area contributed by atoms with Crippen LogP contribution in [0.25, 0.3) is 0 Å². The second-order valence-electron chi connectivity index (χ2n) is 15.4. The first-order valence-electron chi connectivity index (χ1n) is 16.3. The van der Waals surface area contributed by atoms with Crippen molar-refractivity contribution in [3.05, 3.63) is 107 Å². The minimum absolute atomic E-state index is 0.0514. The molecular weight excluding hydrogens is 544 g/mol. The summed E-state index contributed by atoms with van der Waals surface area (Å²) in [6.07, 6.45) is 30.2. The maximum atomic E-state index is 11.1. The lowest BCUT2D eigenvalue weighted by atomic mass is 9.61. The van der Waals surface area contributed by atoms with Gasteiger partial charge in [-0.25, -0.2) is 0 Å². The zero-order chi connectivity index (χ0) is 32.6. The molecule has 0 aromatic carbocycles. The smallest absolute Gasteiger partial charge is 0.120 e. The maximum Gasteiger partial charge on any atom is 0.120 e. The van der Waals surface area contributed by atoms with Gasteiger partial charge in [-0.1, -0.05) is 111 Å². The first-order valence-corrected chi connectivity index (χ1v) is 16.3. The van der Waals surface area contributed by atoms with E-state index in [0.717, 1.165) is 35.1 Å². The molecule has 2 N–H and O–H groups in total. The summed E-state index contributed by atoms with van der Waals surface area (Å²) in [5, 5.41) is 21.5. The minimum atomic E-state index is -0.848. The van der Waals surface area contributed by atoms with E-state index in [1.54, 1.807) is 0 Å². The van der Waals surface area contributed by atoms with Crippen LogP contribution in [0.3, 0.4) is 0 Å². The van der Waals surface area contributed by atoms with Crippen LogP contribution in [-0.4, -0.2) is 45.3 Å². The van der Waals surface area contributed by atoms with Crippen molar-refractivity contribution in [1.29, 1.82) is 0 Å². The molecular formula is C40H56O4. The molecule has 2 saturated heterocycles. The van der Waals surface area contributed by atoms with Crippen LogP contribution in [-0.2, 0) is 9.47 Å². The molecule has 6 atom stereocenters. The summed E-state index contributed by atoms with van der Waals surface area (Å²) in [6, 6.07) is 0. The molecule has 4 nitrogen and oxygen atoms in total. The molecule has 0 aromatic rings. The third kappa shape index (κ3) is 7.15. The van der Waals surface area contributed by atoms with Gasteiger partial charge in [-0.05, 0) is 83.1 Å². The quantitative estimate of drug-likeness (QED) is 0.205. The lowest BCUT2D eigenvalue weighted by Gasteiger charge is -2.46. The summed E-state index contributed by atoms with van der Waals surface area (Å²) >= 11 is 0. The Hall–Kier alpha value is -2.50. The Morgan fingerprint density at radius 2 is 1.30 bits per heavy atom. The number of hydrogen-bond donors (Lipinski definition) is 2. The fourth-order valence-corrected chi connectivity index (χ4v) is 8.07. The topological polar surface area (TPSA) is 58.9 Å². The first-order chi connectivity index (χ1) is 20.4. The zero-order valence-electron chi connectivity index (χ0n) is 28.8. The monoisotopic (exact) mass is 600 g/mol. The molecule has 1 saturated carbocycles. The predicted octanol–water partition coefficient (Wildman–Crippen LogP) is 8.97. The maximum absolute atomic E-state index is 11.1. The third-order valence-electron chi connectivity index (χ3n) is 10.2. The second kappa shape index (κ2) is 12.7. The van der Waals surface area contributed by atoms with E-state index >= 15 is 0 Å². The Bertz CT molecular complexity index is 1350. The van der Waals surface area contributed by atoms with E-state index in [1.165, 1.54) is 5.57 Å². The van der Waals surface area contributed by atoms with Crippen LogP contribution >= 0.6 is 0 Å². The van der Waals surface area contributed by atoms with Crippen LogP contribution in [0.5, 0.6) is 0 Å². The summed E-state index contributed by atoms with van der Waals surface area (Å²) in [5.41, 5.74) is 3.90. The summed E-state index contributed by atoms with van der Waals surface area (Å²) < 4.78 is 12.8. The average molecular weight is 601 g/mol. The molecule has 4 rings (SSSR count). The molecule has 6 unspecified atom stereocenters. The van der Waals surface area contributed by atoms with Gasteiger partial charge in [-0.15, -0.1) is 0 Å². The van der Waals surface area contributed by atoms with Crippen molar-refractivity contribution >= 4 is 0 Å². The number of hydrogen-bond acceptors (Lipinski definition) is 4. The van der Waals surface area contributed by atoms with E-state index in [1.807, 2.05) is 6.92 Å². The minimum Gasteiger partial charge on any atom is -0.393 e. The molecule has 4 heteroatoms. The van der Waals surface area contributed by atoms with Crippen LogP contribution in [0.15, 0.2) is 107 Å². The molecule has 44 heavy (non-hydrogen) atoms. The molecule has 3 fully saturated rings. The van der Waals surface area contributed by atoms with Crippen molar-refractivity contribution in [3.8, 4) is 0 Å². The van der Waals surface area contributed by atoms with E-state index in [4.69, 9.17) is 9.47 Å². The van der Waals surface area contributed by atoms with Crippen molar-refractivity contribution in [1.82, 2.24) is 0 Å². The number of rotatable bonds is 9. The molecule has 0 radical (unpaired) electrons. The highest BCUT2D eigenvalue weighted by Crippen LogP contribution is 2.60. The van der Waals surface area contributed by atoms with Crippen LogP contribution in [0.4, 0.5) is 0 Å². The highest BCUT2D eigenvalue weighted by atomic mass is 16.5. The van der Waals surface area contributed by atoms with Crippen molar-refractivity contribution < 1.29 is 19.7 Å². The highest BCUT2D eigenvalue weighted by Gasteiger charge is 2.67. The van der Waals surface area contributed by atoms with Crippen LogP contribution in [0.2, 0.25) is 0 Å². The molecule has 240 valence electrons. The number of allylic oxidation sites excluding steroid dienone is 14. The fourth-order valence-electron chi connectivity index (χ4n) is 8.07. The molecule has 0 amide bonds. The Morgan fingerprint density at radius 3 is 1.89 bits per heavy atom. The zero-order valence-corrected chi connectivity index (χ0v) is 28.8. The van der Waals surface area contributed by atoms with Gasteiger partial charge in [0.1, 0.15) is 5.60 Å². The molecule has 2 bridgehead atoms. The summed E-state index contributed by atoms with van der Waals surface area (Å²) in [7, 11) is 0. The number of aliphatic hydroxyl groups is 2. The molecule has 0 aromatic heterocycles. The SMILES string of the molecule is CC(/C=C/C=C(C)/C=C/C12OC(CC1(C)C)CC2(C)O)=C\C=C\C=C(C)\C=C\C=C(/C)C1C=C2C(C)(C)CC(O)CC2(C)O1. The van der Waals surface area contributed by atoms with Crippen molar-refractivity contribution in [2.75, 3.05) is 0 Å². The van der Waals surface area contributed by atoms with E-state index in [-0.39, 0.29) is 34.7 Å². The number of fused-ring (bicyclic) bond motifs is 3. The lowest BCUT2D eigenvalue weighted by molar-refractivity contribution is -0.115. The molecule has 3 aliphatic heterocycles. The van der Waals surface area contributed by atoms with Crippen molar-refractivity contribution in [2.24, 2.45) is 10.8 Å². The van der Waals surface area contributed by atoms with Gasteiger partial charge in [-0.3, -0.25) is 0 Å². The summed E-state index contributed by atoms with van der Waals surface area (Å²) in [5.74, 6) is 0. The van der Waals surface area contributed by atoms with Gasteiger partial charge in [0.2, 0.25) is 0 Å². The molecule has 3 heterocycles. The molecule has 0 spiro atoms. The normalized spacial score (nSPS) is 37.7.